The number of amides is 3. The van der Waals surface area contributed by atoms with Crippen LogP contribution in [0.25, 0.3) is 0 Å². The minimum absolute atomic E-state index is 0.0217. The van der Waals surface area contributed by atoms with E-state index in [1.54, 1.807) is 37.6 Å². The number of methoxy groups -OCH3 is 1. The molecule has 150 valence electrons. The molecule has 0 aliphatic carbocycles. The lowest BCUT2D eigenvalue weighted by Crippen LogP contribution is -2.30. The van der Waals surface area contributed by atoms with Crippen LogP contribution >= 0.6 is 0 Å². The molecule has 10 nitrogen and oxygen atoms in total. The van der Waals surface area contributed by atoms with Gasteiger partial charge >= 0.3 is 12.0 Å². The van der Waals surface area contributed by atoms with Gasteiger partial charge in [0.05, 0.1) is 18.5 Å². The van der Waals surface area contributed by atoms with E-state index in [2.05, 4.69) is 21.0 Å². The monoisotopic (exact) mass is 389 g/mol. The molecule has 2 aromatic rings. The highest BCUT2D eigenvalue weighted by molar-refractivity contribution is 5.99. The van der Waals surface area contributed by atoms with Crippen molar-refractivity contribution in [1.82, 2.24) is 15.1 Å². The van der Waals surface area contributed by atoms with Crippen LogP contribution in [-0.4, -0.2) is 53.1 Å². The second kappa shape index (κ2) is 10.7. The van der Waals surface area contributed by atoms with Gasteiger partial charge in [-0.3, -0.25) is 14.3 Å². The van der Waals surface area contributed by atoms with E-state index in [1.807, 2.05) is 0 Å². The molecule has 1 aromatic heterocycles. The first-order valence-electron chi connectivity index (χ1n) is 8.63. The van der Waals surface area contributed by atoms with Crippen molar-refractivity contribution >= 4 is 29.3 Å². The Morgan fingerprint density at radius 2 is 2.00 bits per heavy atom. The summed E-state index contributed by atoms with van der Waals surface area (Å²) in [4.78, 5) is 34.5. The zero-order valence-electron chi connectivity index (χ0n) is 15.5. The summed E-state index contributed by atoms with van der Waals surface area (Å²) in [6.07, 6.45) is 3.38. The van der Waals surface area contributed by atoms with Crippen LogP contribution in [0, 0.1) is 0 Å². The summed E-state index contributed by atoms with van der Waals surface area (Å²) in [5.41, 5.74) is 1.79. The number of carboxylic acid groups (broad SMARTS) is 1. The average molecular weight is 389 g/mol. The Kier molecular flexibility index (Phi) is 7.97. The number of urea groups is 1. The lowest BCUT2D eigenvalue weighted by atomic mass is 10.1. The number of aromatic nitrogens is 2. The lowest BCUT2D eigenvalue weighted by Gasteiger charge is -2.07. The predicted molar refractivity (Wildman–Crippen MR) is 102 cm³/mol. The van der Waals surface area contributed by atoms with Gasteiger partial charge in [0.15, 0.2) is 0 Å². The highest BCUT2D eigenvalue weighted by atomic mass is 16.5. The van der Waals surface area contributed by atoms with Gasteiger partial charge in [-0.2, -0.15) is 5.10 Å². The number of nitrogens with zero attached hydrogens (tertiary/aromatic N) is 2. The number of hydrogen-bond donors (Lipinski definition) is 4. The first kappa shape index (κ1) is 20.9. The molecule has 0 saturated heterocycles. The molecule has 1 aromatic carbocycles. The summed E-state index contributed by atoms with van der Waals surface area (Å²) in [7, 11) is 1.55. The molecule has 0 aliphatic heterocycles. The second-order valence-corrected chi connectivity index (χ2v) is 5.94. The third-order valence-electron chi connectivity index (χ3n) is 3.64. The van der Waals surface area contributed by atoms with E-state index in [9.17, 15) is 14.4 Å². The van der Waals surface area contributed by atoms with Crippen LogP contribution in [0.4, 0.5) is 16.2 Å². The number of carbonyl (C=O) groups is 3. The first-order valence-corrected chi connectivity index (χ1v) is 8.63. The minimum atomic E-state index is -0.875. The summed E-state index contributed by atoms with van der Waals surface area (Å²) in [6, 6.07) is 6.49. The number of carboxylic acids is 1. The van der Waals surface area contributed by atoms with E-state index >= 15 is 0 Å². The highest BCUT2D eigenvalue weighted by Gasteiger charge is 2.08. The summed E-state index contributed by atoms with van der Waals surface area (Å²) >= 11 is 0. The fourth-order valence-corrected chi connectivity index (χ4v) is 2.36. The Morgan fingerprint density at radius 1 is 1.21 bits per heavy atom. The SMILES string of the molecule is COCCNC(=O)Cn1cc(NC(=O)Nc2cccc(CCC(=O)O)c2)cn1. The molecule has 28 heavy (non-hydrogen) atoms. The summed E-state index contributed by atoms with van der Waals surface area (Å²) in [6.45, 7) is 0.865. The largest absolute Gasteiger partial charge is 0.481 e. The number of rotatable bonds is 10. The number of carbonyl (C=O) groups excluding carboxylic acids is 2. The Labute approximate surface area is 161 Å². The maximum atomic E-state index is 12.1. The fraction of sp³-hybridized carbons (Fsp3) is 0.333. The number of hydrogen-bond acceptors (Lipinski definition) is 5. The van der Waals surface area contributed by atoms with E-state index in [0.29, 0.717) is 30.9 Å². The number of aliphatic carboxylic acids is 1. The Balaban J connectivity index is 1.83. The van der Waals surface area contributed by atoms with Crippen molar-refractivity contribution in [3.8, 4) is 0 Å². The quantitative estimate of drug-likeness (QED) is 0.453. The molecule has 3 amide bonds. The molecule has 10 heteroatoms. The molecule has 4 N–H and O–H groups in total. The van der Waals surface area contributed by atoms with Crippen LogP contribution in [-0.2, 0) is 27.3 Å². The van der Waals surface area contributed by atoms with Crippen molar-refractivity contribution in [2.24, 2.45) is 0 Å². The van der Waals surface area contributed by atoms with Crippen LogP contribution in [0.3, 0.4) is 0 Å². The fourth-order valence-electron chi connectivity index (χ4n) is 2.36. The molecule has 0 bridgehead atoms. The second-order valence-electron chi connectivity index (χ2n) is 5.94. The Morgan fingerprint density at radius 3 is 2.75 bits per heavy atom. The van der Waals surface area contributed by atoms with E-state index in [1.165, 1.54) is 10.9 Å². The molecule has 2 rings (SSSR count). The average Bonchev–Trinajstić information content (AvgIpc) is 3.07. The molecule has 0 radical (unpaired) electrons. The molecular weight excluding hydrogens is 366 g/mol. The van der Waals surface area contributed by atoms with Crippen molar-refractivity contribution in [3.05, 3.63) is 42.2 Å². The normalized spacial score (nSPS) is 10.3. The number of benzene rings is 1. The zero-order chi connectivity index (χ0) is 20.4. The summed E-state index contributed by atoms with van der Waals surface area (Å²) < 4.78 is 6.26. The first-order chi connectivity index (χ1) is 13.5. The van der Waals surface area contributed by atoms with Crippen LogP contribution in [0.1, 0.15) is 12.0 Å². The maximum absolute atomic E-state index is 12.1. The van der Waals surface area contributed by atoms with Crippen LogP contribution in [0.2, 0.25) is 0 Å². The van der Waals surface area contributed by atoms with Crippen LogP contribution in [0.15, 0.2) is 36.7 Å². The summed E-state index contributed by atoms with van der Waals surface area (Å²) in [5.74, 6) is -1.09. The van der Waals surface area contributed by atoms with Crippen LogP contribution in [0.5, 0.6) is 0 Å². The molecule has 0 spiro atoms. The predicted octanol–water partition coefficient (Wildman–Crippen LogP) is 1.31. The van der Waals surface area contributed by atoms with E-state index in [4.69, 9.17) is 9.84 Å². The van der Waals surface area contributed by atoms with Gasteiger partial charge in [-0.15, -0.1) is 0 Å². The van der Waals surface area contributed by atoms with Crippen molar-refractivity contribution in [1.29, 1.82) is 0 Å². The third kappa shape index (κ3) is 7.46. The highest BCUT2D eigenvalue weighted by Crippen LogP contribution is 2.13. The lowest BCUT2D eigenvalue weighted by molar-refractivity contribution is -0.137. The molecule has 0 unspecified atom stereocenters. The molecule has 0 fully saturated rings. The molecule has 0 aliphatic rings. The van der Waals surface area contributed by atoms with Gasteiger partial charge in [-0.05, 0) is 24.1 Å². The third-order valence-corrected chi connectivity index (χ3v) is 3.64. The molecular formula is C18H23N5O5. The minimum Gasteiger partial charge on any atom is -0.481 e. The van der Waals surface area contributed by atoms with Gasteiger partial charge in [0.2, 0.25) is 5.91 Å². The maximum Gasteiger partial charge on any atom is 0.323 e. The zero-order valence-corrected chi connectivity index (χ0v) is 15.5. The topological polar surface area (TPSA) is 135 Å². The standard InChI is InChI=1S/C18H23N5O5/c1-28-8-7-19-16(24)12-23-11-15(10-20-23)22-18(27)21-14-4-2-3-13(9-14)5-6-17(25)26/h2-4,9-11H,5-8,12H2,1H3,(H,19,24)(H,25,26)(H2,21,22,27). The number of aryl methyl sites for hydroxylation is 1. The Hall–Kier alpha value is -3.40. The smallest absolute Gasteiger partial charge is 0.323 e. The van der Waals surface area contributed by atoms with E-state index in [0.717, 1.165) is 5.56 Å². The number of ether oxygens (including phenoxy) is 1. The van der Waals surface area contributed by atoms with Gasteiger partial charge in [0.1, 0.15) is 6.54 Å². The van der Waals surface area contributed by atoms with Gasteiger partial charge in [0, 0.05) is 32.0 Å². The van der Waals surface area contributed by atoms with E-state index < -0.39 is 12.0 Å². The molecule has 1 heterocycles. The summed E-state index contributed by atoms with van der Waals surface area (Å²) in [5, 5.41) is 20.7. The number of anilines is 2. The van der Waals surface area contributed by atoms with E-state index in [-0.39, 0.29) is 18.9 Å². The molecule has 0 atom stereocenters. The van der Waals surface area contributed by atoms with Crippen molar-refractivity contribution < 1.29 is 24.2 Å². The van der Waals surface area contributed by atoms with Gasteiger partial charge in [0.25, 0.3) is 0 Å². The number of nitrogens with one attached hydrogen (secondary N) is 3. The van der Waals surface area contributed by atoms with Crippen molar-refractivity contribution in [2.75, 3.05) is 30.9 Å². The molecule has 0 saturated carbocycles. The van der Waals surface area contributed by atoms with Crippen molar-refractivity contribution in [2.45, 2.75) is 19.4 Å². The Bertz CT molecular complexity index is 820. The van der Waals surface area contributed by atoms with Gasteiger partial charge in [-0.1, -0.05) is 12.1 Å². The van der Waals surface area contributed by atoms with Crippen molar-refractivity contribution in [3.63, 3.8) is 0 Å². The van der Waals surface area contributed by atoms with Gasteiger partial charge in [-0.25, -0.2) is 4.79 Å². The van der Waals surface area contributed by atoms with Gasteiger partial charge < -0.3 is 25.8 Å². The van der Waals surface area contributed by atoms with Crippen LogP contribution < -0.4 is 16.0 Å².